The summed E-state index contributed by atoms with van der Waals surface area (Å²) in [6.07, 6.45) is 0.137. The third-order valence-corrected chi connectivity index (χ3v) is 2.67. The Labute approximate surface area is 106 Å². The number of benzene rings is 1. The highest BCUT2D eigenvalue weighted by molar-refractivity contribution is 6.33. The van der Waals surface area contributed by atoms with Crippen LogP contribution in [0.3, 0.4) is 0 Å². The Morgan fingerprint density at radius 3 is 2.76 bits per heavy atom. The average Bonchev–Trinajstić information content (AvgIpc) is 2.28. The van der Waals surface area contributed by atoms with Gasteiger partial charge in [0.1, 0.15) is 0 Å². The van der Waals surface area contributed by atoms with E-state index in [1.165, 1.54) is 4.90 Å². The van der Waals surface area contributed by atoms with Gasteiger partial charge in [0.25, 0.3) is 0 Å². The molecule has 0 heterocycles. The van der Waals surface area contributed by atoms with Crippen molar-refractivity contribution in [3.63, 3.8) is 0 Å². The van der Waals surface area contributed by atoms with Crippen LogP contribution in [-0.4, -0.2) is 35.7 Å². The van der Waals surface area contributed by atoms with Crippen molar-refractivity contribution in [3.05, 3.63) is 29.3 Å². The van der Waals surface area contributed by atoms with E-state index in [4.69, 9.17) is 16.7 Å². The number of rotatable bonds is 4. The third-order valence-electron chi connectivity index (χ3n) is 2.34. The summed E-state index contributed by atoms with van der Waals surface area (Å²) in [5.74, 6) is 0. The lowest BCUT2D eigenvalue weighted by atomic mass is 10.3. The van der Waals surface area contributed by atoms with E-state index in [1.807, 2.05) is 0 Å². The van der Waals surface area contributed by atoms with Crippen LogP contribution in [-0.2, 0) is 0 Å². The van der Waals surface area contributed by atoms with E-state index in [0.29, 0.717) is 23.7 Å². The second-order valence-electron chi connectivity index (χ2n) is 3.97. The summed E-state index contributed by atoms with van der Waals surface area (Å²) in [5.41, 5.74) is 0.586. The van der Waals surface area contributed by atoms with E-state index in [-0.39, 0.29) is 6.03 Å². The van der Waals surface area contributed by atoms with E-state index in [2.05, 4.69) is 5.32 Å². The van der Waals surface area contributed by atoms with Crippen LogP contribution in [0.2, 0.25) is 5.02 Å². The summed E-state index contributed by atoms with van der Waals surface area (Å²) >= 11 is 5.93. The number of carbonyl (C=O) groups excluding carboxylic acids is 1. The fourth-order valence-electron chi connectivity index (χ4n) is 1.26. The lowest BCUT2D eigenvalue weighted by molar-refractivity contribution is 0.167. The second-order valence-corrected chi connectivity index (χ2v) is 4.38. The molecule has 1 rings (SSSR count). The summed E-state index contributed by atoms with van der Waals surface area (Å²) < 4.78 is 0. The smallest absolute Gasteiger partial charge is 0.321 e. The summed E-state index contributed by atoms with van der Waals surface area (Å²) in [6.45, 7) is 2.19. The molecule has 2 amide bonds. The molecule has 0 aliphatic rings. The van der Waals surface area contributed by atoms with E-state index < -0.39 is 6.10 Å². The average molecular weight is 257 g/mol. The van der Waals surface area contributed by atoms with Crippen molar-refractivity contribution in [2.45, 2.75) is 19.4 Å². The molecule has 4 nitrogen and oxygen atoms in total. The minimum Gasteiger partial charge on any atom is -0.393 e. The number of halogens is 1. The number of para-hydroxylation sites is 1. The number of nitrogens with zero attached hydrogens (tertiary/aromatic N) is 1. The number of aliphatic hydroxyl groups excluding tert-OH is 1. The molecule has 0 aromatic heterocycles. The first-order valence-corrected chi connectivity index (χ1v) is 5.83. The molecule has 1 atom stereocenters. The summed E-state index contributed by atoms with van der Waals surface area (Å²) in [5, 5.41) is 12.3. The molecule has 0 saturated carbocycles. The first kappa shape index (κ1) is 13.8. The van der Waals surface area contributed by atoms with Gasteiger partial charge in [0.05, 0.1) is 16.8 Å². The SMILES string of the molecule is CC(O)CCN(C)C(=O)Nc1ccccc1Cl. The monoisotopic (exact) mass is 256 g/mol. The maximum absolute atomic E-state index is 11.8. The van der Waals surface area contributed by atoms with Gasteiger partial charge in [-0.3, -0.25) is 0 Å². The molecular formula is C12H17ClN2O2. The number of carbonyl (C=O) groups is 1. The molecule has 0 spiro atoms. The maximum atomic E-state index is 11.8. The van der Waals surface area contributed by atoms with E-state index >= 15 is 0 Å². The molecule has 0 radical (unpaired) electrons. The quantitative estimate of drug-likeness (QED) is 0.870. The molecule has 1 aromatic carbocycles. The molecule has 94 valence electrons. The lowest BCUT2D eigenvalue weighted by Crippen LogP contribution is -2.33. The molecule has 17 heavy (non-hydrogen) atoms. The van der Waals surface area contributed by atoms with Crippen LogP contribution in [0.4, 0.5) is 10.5 Å². The van der Waals surface area contributed by atoms with Crippen molar-refractivity contribution in [3.8, 4) is 0 Å². The van der Waals surface area contributed by atoms with Crippen LogP contribution < -0.4 is 5.32 Å². The zero-order valence-corrected chi connectivity index (χ0v) is 10.7. The predicted molar refractivity (Wildman–Crippen MR) is 69.4 cm³/mol. The minimum absolute atomic E-state index is 0.237. The van der Waals surface area contributed by atoms with Crippen LogP contribution in [0.15, 0.2) is 24.3 Å². The van der Waals surface area contributed by atoms with Gasteiger partial charge >= 0.3 is 6.03 Å². The minimum atomic E-state index is -0.412. The Kier molecular flexibility index (Phi) is 5.25. The number of hydrogen-bond acceptors (Lipinski definition) is 2. The highest BCUT2D eigenvalue weighted by Gasteiger charge is 2.10. The number of urea groups is 1. The van der Waals surface area contributed by atoms with Crippen molar-refractivity contribution >= 4 is 23.3 Å². The van der Waals surface area contributed by atoms with Gasteiger partial charge in [-0.05, 0) is 25.5 Å². The number of hydrogen-bond donors (Lipinski definition) is 2. The van der Waals surface area contributed by atoms with Gasteiger partial charge in [-0.25, -0.2) is 4.79 Å². The Hall–Kier alpha value is -1.26. The molecule has 2 N–H and O–H groups in total. The van der Waals surface area contributed by atoms with Gasteiger partial charge in [-0.15, -0.1) is 0 Å². The molecule has 0 aliphatic heterocycles. The Morgan fingerprint density at radius 1 is 1.53 bits per heavy atom. The van der Waals surface area contributed by atoms with Gasteiger partial charge in [0, 0.05) is 13.6 Å². The van der Waals surface area contributed by atoms with Crippen molar-refractivity contribution in [1.82, 2.24) is 4.90 Å². The van der Waals surface area contributed by atoms with Gasteiger partial charge in [0.2, 0.25) is 0 Å². The molecule has 1 unspecified atom stereocenters. The number of anilines is 1. The zero-order valence-electron chi connectivity index (χ0n) is 9.98. The summed E-state index contributed by atoms with van der Waals surface area (Å²) in [6, 6.07) is 6.82. The number of amides is 2. The molecule has 0 bridgehead atoms. The second kappa shape index (κ2) is 6.47. The van der Waals surface area contributed by atoms with Crippen LogP contribution in [0.1, 0.15) is 13.3 Å². The number of nitrogens with one attached hydrogen (secondary N) is 1. The highest BCUT2D eigenvalue weighted by atomic mass is 35.5. The predicted octanol–water partition coefficient (Wildman–Crippen LogP) is 2.57. The Balaban J connectivity index is 2.52. The molecule has 5 heteroatoms. The first-order chi connectivity index (χ1) is 8.00. The third kappa shape index (κ3) is 4.63. The van der Waals surface area contributed by atoms with Crippen molar-refractivity contribution in [1.29, 1.82) is 0 Å². The van der Waals surface area contributed by atoms with E-state index in [0.717, 1.165) is 0 Å². The topological polar surface area (TPSA) is 52.6 Å². The van der Waals surface area contributed by atoms with Gasteiger partial charge in [0.15, 0.2) is 0 Å². The largest absolute Gasteiger partial charge is 0.393 e. The normalized spacial score (nSPS) is 12.0. The first-order valence-electron chi connectivity index (χ1n) is 5.45. The highest BCUT2D eigenvalue weighted by Crippen LogP contribution is 2.20. The Bertz CT molecular complexity index is 383. The standard InChI is InChI=1S/C12H17ClN2O2/c1-9(16)7-8-15(2)12(17)14-11-6-4-3-5-10(11)13/h3-6,9,16H,7-8H2,1-2H3,(H,14,17). The Morgan fingerprint density at radius 2 is 2.18 bits per heavy atom. The molecular weight excluding hydrogens is 240 g/mol. The zero-order chi connectivity index (χ0) is 12.8. The molecule has 0 fully saturated rings. The molecule has 0 aliphatic carbocycles. The van der Waals surface area contributed by atoms with Crippen LogP contribution >= 0.6 is 11.6 Å². The summed E-state index contributed by atoms with van der Waals surface area (Å²) in [7, 11) is 1.68. The number of aliphatic hydroxyl groups is 1. The van der Waals surface area contributed by atoms with Crippen molar-refractivity contribution in [2.24, 2.45) is 0 Å². The van der Waals surface area contributed by atoms with E-state index in [1.54, 1.807) is 38.2 Å². The van der Waals surface area contributed by atoms with Gasteiger partial charge < -0.3 is 15.3 Å². The van der Waals surface area contributed by atoms with Crippen LogP contribution in [0, 0.1) is 0 Å². The fraction of sp³-hybridized carbons (Fsp3) is 0.417. The summed E-state index contributed by atoms with van der Waals surface area (Å²) in [4.78, 5) is 13.3. The van der Waals surface area contributed by atoms with E-state index in [9.17, 15) is 4.79 Å². The van der Waals surface area contributed by atoms with Crippen molar-refractivity contribution < 1.29 is 9.90 Å². The lowest BCUT2D eigenvalue weighted by Gasteiger charge is -2.19. The van der Waals surface area contributed by atoms with Gasteiger partial charge in [-0.2, -0.15) is 0 Å². The van der Waals surface area contributed by atoms with Crippen molar-refractivity contribution in [2.75, 3.05) is 18.9 Å². The molecule has 1 aromatic rings. The molecule has 0 saturated heterocycles. The fourth-order valence-corrected chi connectivity index (χ4v) is 1.44. The van der Waals surface area contributed by atoms with Crippen LogP contribution in [0.25, 0.3) is 0 Å². The van der Waals surface area contributed by atoms with Gasteiger partial charge in [-0.1, -0.05) is 23.7 Å². The van der Waals surface area contributed by atoms with Crippen LogP contribution in [0.5, 0.6) is 0 Å². The maximum Gasteiger partial charge on any atom is 0.321 e.